The first-order valence-electron chi connectivity index (χ1n) is 6.57. The second kappa shape index (κ2) is 4.47. The maximum atomic E-state index is 6.19. The highest BCUT2D eigenvalue weighted by atomic mass is 35.5. The Morgan fingerprint density at radius 3 is 2.89 bits per heavy atom. The summed E-state index contributed by atoms with van der Waals surface area (Å²) >= 11 is 0. The molecule has 5 heteroatoms. The summed E-state index contributed by atoms with van der Waals surface area (Å²) in [5.41, 5.74) is 2.24. The zero-order chi connectivity index (χ0) is 12.2. The number of nitrogens with zero attached hydrogens (tertiary/aromatic N) is 3. The van der Waals surface area contributed by atoms with E-state index in [0.717, 1.165) is 38.2 Å². The van der Waals surface area contributed by atoms with Crippen LogP contribution in [0.5, 0.6) is 0 Å². The Kier molecular flexibility index (Phi) is 3.04. The van der Waals surface area contributed by atoms with Crippen LogP contribution >= 0.6 is 12.4 Å². The second-order valence-corrected chi connectivity index (χ2v) is 5.42. The number of aromatic nitrogens is 2. The number of rotatable bonds is 0. The molecule has 19 heavy (non-hydrogen) atoms. The Morgan fingerprint density at radius 2 is 2.11 bits per heavy atom. The molecule has 0 unspecified atom stereocenters. The molecule has 4 rings (SSSR count). The van der Waals surface area contributed by atoms with Gasteiger partial charge < -0.3 is 9.64 Å². The first kappa shape index (κ1) is 12.9. The van der Waals surface area contributed by atoms with Crippen molar-refractivity contribution in [3.05, 3.63) is 30.0 Å². The minimum atomic E-state index is -0.136. The number of halogens is 1. The molecular formula is C14H18ClN3O. The third-order valence-electron chi connectivity index (χ3n) is 4.18. The van der Waals surface area contributed by atoms with E-state index in [1.54, 1.807) is 0 Å². The van der Waals surface area contributed by atoms with Crippen LogP contribution in [0.1, 0.15) is 12.1 Å². The van der Waals surface area contributed by atoms with Crippen molar-refractivity contribution in [1.29, 1.82) is 0 Å². The van der Waals surface area contributed by atoms with Gasteiger partial charge in [-0.05, 0) is 19.5 Å². The molecule has 0 amide bonds. The monoisotopic (exact) mass is 279 g/mol. The van der Waals surface area contributed by atoms with Crippen molar-refractivity contribution < 1.29 is 4.74 Å². The molecule has 0 N–H and O–H groups in total. The first-order valence-corrected chi connectivity index (χ1v) is 6.57. The molecule has 1 fully saturated rings. The molecule has 102 valence electrons. The average molecular weight is 280 g/mol. The fraction of sp³-hybridized carbons (Fsp3) is 0.500. The Hall–Kier alpha value is -1.10. The van der Waals surface area contributed by atoms with Crippen LogP contribution in [-0.4, -0.2) is 41.4 Å². The van der Waals surface area contributed by atoms with Crippen molar-refractivity contribution in [1.82, 2.24) is 14.7 Å². The minimum absolute atomic E-state index is 0. The summed E-state index contributed by atoms with van der Waals surface area (Å²) in [5, 5.41) is 5.97. The van der Waals surface area contributed by atoms with Crippen LogP contribution in [0.3, 0.4) is 0 Å². The Bertz CT molecular complexity index is 612. The smallest absolute Gasteiger partial charge is 0.124 e. The van der Waals surface area contributed by atoms with Gasteiger partial charge >= 0.3 is 0 Å². The lowest BCUT2D eigenvalue weighted by molar-refractivity contribution is -0.0697. The summed E-state index contributed by atoms with van der Waals surface area (Å²) in [5.74, 6) is 0. The summed E-state index contributed by atoms with van der Waals surface area (Å²) in [7, 11) is 2.16. The van der Waals surface area contributed by atoms with Crippen LogP contribution in [0.4, 0.5) is 0 Å². The van der Waals surface area contributed by atoms with E-state index in [2.05, 4.69) is 40.9 Å². The van der Waals surface area contributed by atoms with E-state index in [4.69, 9.17) is 9.84 Å². The van der Waals surface area contributed by atoms with Crippen LogP contribution in [-0.2, 0) is 16.9 Å². The van der Waals surface area contributed by atoms with Crippen molar-refractivity contribution in [2.45, 2.75) is 18.6 Å². The maximum absolute atomic E-state index is 6.19. The van der Waals surface area contributed by atoms with E-state index in [1.807, 2.05) is 0 Å². The van der Waals surface area contributed by atoms with Gasteiger partial charge in [0.25, 0.3) is 0 Å². The van der Waals surface area contributed by atoms with Gasteiger partial charge in [0.05, 0.1) is 24.4 Å². The summed E-state index contributed by atoms with van der Waals surface area (Å²) in [6.07, 6.45) is 1.07. The van der Waals surface area contributed by atoms with Crippen molar-refractivity contribution in [3.63, 3.8) is 0 Å². The molecule has 4 nitrogen and oxygen atoms in total. The van der Waals surface area contributed by atoms with E-state index in [9.17, 15) is 0 Å². The molecule has 1 aromatic heterocycles. The van der Waals surface area contributed by atoms with E-state index in [1.165, 1.54) is 11.1 Å². The summed E-state index contributed by atoms with van der Waals surface area (Å²) < 4.78 is 8.35. The fourth-order valence-corrected chi connectivity index (χ4v) is 3.40. The topological polar surface area (TPSA) is 30.3 Å². The maximum Gasteiger partial charge on any atom is 0.124 e. The lowest BCUT2D eigenvalue weighted by Gasteiger charge is -2.34. The summed E-state index contributed by atoms with van der Waals surface area (Å²) in [4.78, 5) is 2.34. The minimum Gasteiger partial charge on any atom is -0.365 e. The van der Waals surface area contributed by atoms with E-state index < -0.39 is 0 Å². The molecule has 1 spiro atoms. The Balaban J connectivity index is 0.00000110. The number of hydrogen-bond donors (Lipinski definition) is 0. The van der Waals surface area contributed by atoms with E-state index >= 15 is 0 Å². The van der Waals surface area contributed by atoms with E-state index in [0.29, 0.717) is 0 Å². The molecule has 1 aromatic carbocycles. The van der Waals surface area contributed by atoms with Gasteiger partial charge in [-0.25, -0.2) is 0 Å². The van der Waals surface area contributed by atoms with Gasteiger partial charge in [0.2, 0.25) is 0 Å². The third kappa shape index (κ3) is 1.78. The molecule has 3 heterocycles. The van der Waals surface area contributed by atoms with Crippen LogP contribution in [0.15, 0.2) is 24.3 Å². The van der Waals surface area contributed by atoms with Gasteiger partial charge in [-0.15, -0.1) is 12.4 Å². The molecule has 0 aliphatic carbocycles. The zero-order valence-corrected chi connectivity index (χ0v) is 11.8. The Morgan fingerprint density at radius 1 is 1.26 bits per heavy atom. The number of fused-ring (bicyclic) bond motifs is 4. The number of benzene rings is 1. The van der Waals surface area contributed by atoms with Gasteiger partial charge in [0.1, 0.15) is 5.60 Å². The highest BCUT2D eigenvalue weighted by molar-refractivity contribution is 5.85. The summed E-state index contributed by atoms with van der Waals surface area (Å²) in [6, 6.07) is 8.40. The predicted molar refractivity (Wildman–Crippen MR) is 76.7 cm³/mol. The quantitative estimate of drug-likeness (QED) is 0.739. The highest BCUT2D eigenvalue weighted by Crippen LogP contribution is 2.41. The van der Waals surface area contributed by atoms with Crippen LogP contribution in [0.2, 0.25) is 0 Å². The van der Waals surface area contributed by atoms with Gasteiger partial charge in [0, 0.05) is 18.5 Å². The molecule has 0 saturated carbocycles. The molecule has 1 atom stereocenters. The van der Waals surface area contributed by atoms with Crippen molar-refractivity contribution in [2.24, 2.45) is 0 Å². The van der Waals surface area contributed by atoms with Gasteiger partial charge in [0.15, 0.2) is 0 Å². The third-order valence-corrected chi connectivity index (χ3v) is 4.18. The first-order chi connectivity index (χ1) is 8.78. The molecule has 1 saturated heterocycles. The molecule has 2 aliphatic heterocycles. The second-order valence-electron chi connectivity index (χ2n) is 5.42. The van der Waals surface area contributed by atoms with Crippen molar-refractivity contribution in [2.75, 3.05) is 26.7 Å². The van der Waals surface area contributed by atoms with Crippen LogP contribution in [0.25, 0.3) is 10.9 Å². The molecule has 2 aliphatic rings. The van der Waals surface area contributed by atoms with Crippen molar-refractivity contribution in [3.8, 4) is 0 Å². The normalized spacial score (nSPS) is 26.6. The number of ether oxygens (including phenoxy) is 1. The van der Waals surface area contributed by atoms with Crippen molar-refractivity contribution >= 4 is 23.3 Å². The predicted octanol–water partition coefficient (Wildman–Crippen LogP) is 2.02. The molecular weight excluding hydrogens is 262 g/mol. The van der Waals surface area contributed by atoms with E-state index in [-0.39, 0.29) is 18.0 Å². The highest BCUT2D eigenvalue weighted by Gasteiger charge is 2.45. The Labute approximate surface area is 118 Å². The molecule has 0 radical (unpaired) electrons. The lowest BCUT2D eigenvalue weighted by Crippen LogP contribution is -2.40. The van der Waals surface area contributed by atoms with Crippen LogP contribution in [0, 0.1) is 0 Å². The number of hydrogen-bond acceptors (Lipinski definition) is 3. The summed E-state index contributed by atoms with van der Waals surface area (Å²) in [6.45, 7) is 3.71. The molecule has 2 aromatic rings. The standard InChI is InChI=1S/C14H17N3O.ClH/c1-16-7-6-14(10-16)13-11-4-2-3-5-12(11)15-17(13)8-9-18-14;/h2-5H,6-10H2,1H3;1H/t14-;/m1./s1. The van der Waals surface area contributed by atoms with Gasteiger partial charge in [-0.1, -0.05) is 18.2 Å². The number of likely N-dealkylation sites (tertiary alicyclic amines) is 1. The van der Waals surface area contributed by atoms with Gasteiger partial charge in [-0.3, -0.25) is 4.68 Å². The van der Waals surface area contributed by atoms with Crippen LogP contribution < -0.4 is 0 Å². The fourth-order valence-electron chi connectivity index (χ4n) is 3.40. The van der Waals surface area contributed by atoms with Gasteiger partial charge in [-0.2, -0.15) is 5.10 Å². The number of likely N-dealkylation sites (N-methyl/N-ethyl adjacent to an activating group) is 1. The largest absolute Gasteiger partial charge is 0.365 e. The lowest BCUT2D eigenvalue weighted by atomic mass is 9.94. The average Bonchev–Trinajstić information content (AvgIpc) is 2.92. The zero-order valence-electron chi connectivity index (χ0n) is 11.0. The molecule has 0 bridgehead atoms. The SMILES string of the molecule is CN1CC[C@]2(C1)OCCn1nc3ccccc3c12.Cl.